The third-order valence-electron chi connectivity index (χ3n) is 7.12. The van der Waals surface area contributed by atoms with Gasteiger partial charge >= 0.3 is 5.97 Å². The summed E-state index contributed by atoms with van der Waals surface area (Å²) in [4.78, 5) is 35.5. The first-order valence-electron chi connectivity index (χ1n) is 13.9. The number of hydrogen-bond donors (Lipinski definition) is 2. The topological polar surface area (TPSA) is 115 Å². The maximum atomic E-state index is 14.1. The first kappa shape index (κ1) is 30.5. The third-order valence-corrected chi connectivity index (χ3v) is 7.12. The number of hydrogen-bond acceptors (Lipinski definition) is 7. The highest BCUT2D eigenvalue weighted by Crippen LogP contribution is 2.35. The zero-order valence-corrected chi connectivity index (χ0v) is 24.5. The number of benzene rings is 1. The van der Waals surface area contributed by atoms with Gasteiger partial charge in [-0.1, -0.05) is 38.5 Å². The summed E-state index contributed by atoms with van der Waals surface area (Å²) < 4.78 is 21.6. The normalized spacial score (nSPS) is 13.8. The third kappa shape index (κ3) is 7.26. The second-order valence-corrected chi connectivity index (χ2v) is 10.6. The van der Waals surface area contributed by atoms with E-state index in [4.69, 9.17) is 15.5 Å². The molecule has 3 unspecified atom stereocenters. The molecule has 4 rings (SSSR count). The monoisotopic (exact) mass is 572 g/mol. The van der Waals surface area contributed by atoms with Crippen LogP contribution in [0.25, 0.3) is 33.3 Å². The van der Waals surface area contributed by atoms with Crippen molar-refractivity contribution in [3.05, 3.63) is 79.2 Å². The van der Waals surface area contributed by atoms with Gasteiger partial charge in [-0.2, -0.15) is 4.39 Å². The van der Waals surface area contributed by atoms with Gasteiger partial charge in [-0.3, -0.25) is 14.2 Å². The Morgan fingerprint density at radius 3 is 2.62 bits per heavy atom. The Labute approximate surface area is 245 Å². The molecule has 10 heteroatoms. The number of halogens is 1. The molecule has 0 aliphatic rings. The van der Waals surface area contributed by atoms with Crippen molar-refractivity contribution in [3.63, 3.8) is 0 Å². The van der Waals surface area contributed by atoms with E-state index in [2.05, 4.69) is 10.3 Å². The molecule has 0 aliphatic carbocycles. The minimum absolute atomic E-state index is 0.0308. The summed E-state index contributed by atoms with van der Waals surface area (Å²) in [7, 11) is 3.86. The van der Waals surface area contributed by atoms with Gasteiger partial charge in [0.05, 0.1) is 0 Å². The molecule has 0 fully saturated rings. The largest absolute Gasteiger partial charge is 0.440 e. The van der Waals surface area contributed by atoms with E-state index in [0.717, 1.165) is 22.9 Å². The SMILES string of the molecule is CCC(C)C(N)C(=O)OC(C)n1cc(-c2ccnc(F)c2)c2cc(-c3cccc(NC(=O)/C=C/CN(C)C)c3)cnc21. The molecule has 3 aromatic heterocycles. The second kappa shape index (κ2) is 13.5. The van der Waals surface area contributed by atoms with Gasteiger partial charge in [-0.05, 0) is 62.3 Å². The van der Waals surface area contributed by atoms with Crippen LogP contribution in [0.15, 0.2) is 73.2 Å². The van der Waals surface area contributed by atoms with Crippen LogP contribution in [0.1, 0.15) is 33.4 Å². The molecule has 1 amide bonds. The Morgan fingerprint density at radius 1 is 1.12 bits per heavy atom. The van der Waals surface area contributed by atoms with Gasteiger partial charge in [0.2, 0.25) is 11.9 Å². The summed E-state index contributed by atoms with van der Waals surface area (Å²) in [6.45, 7) is 6.27. The summed E-state index contributed by atoms with van der Waals surface area (Å²) in [5.74, 6) is -1.36. The molecule has 0 spiro atoms. The summed E-state index contributed by atoms with van der Waals surface area (Å²) in [6, 6.07) is 11.7. The lowest BCUT2D eigenvalue weighted by Gasteiger charge is -2.21. The molecule has 0 saturated heterocycles. The fraction of sp³-hybridized carbons (Fsp3) is 0.312. The van der Waals surface area contributed by atoms with Crippen LogP contribution in [-0.2, 0) is 14.3 Å². The number of carbonyl (C=O) groups excluding carboxylic acids is 2. The Balaban J connectivity index is 1.70. The molecule has 1 aromatic carbocycles. The van der Waals surface area contributed by atoms with E-state index in [9.17, 15) is 14.0 Å². The van der Waals surface area contributed by atoms with Gasteiger partial charge in [-0.25, -0.2) is 9.97 Å². The molecule has 9 nitrogen and oxygen atoms in total. The van der Waals surface area contributed by atoms with Gasteiger partial charge in [0.15, 0.2) is 6.23 Å². The molecule has 3 heterocycles. The highest BCUT2D eigenvalue weighted by molar-refractivity contribution is 6.00. The van der Waals surface area contributed by atoms with Crippen LogP contribution >= 0.6 is 0 Å². The fourth-order valence-corrected chi connectivity index (χ4v) is 4.49. The van der Waals surface area contributed by atoms with Crippen LogP contribution in [0.5, 0.6) is 0 Å². The predicted octanol–water partition coefficient (Wildman–Crippen LogP) is 5.40. The van der Waals surface area contributed by atoms with E-state index in [-0.39, 0.29) is 11.8 Å². The maximum Gasteiger partial charge on any atom is 0.325 e. The van der Waals surface area contributed by atoms with Gasteiger partial charge in [0.1, 0.15) is 11.7 Å². The Bertz CT molecular complexity index is 1600. The van der Waals surface area contributed by atoms with E-state index in [1.807, 2.05) is 63.2 Å². The van der Waals surface area contributed by atoms with Crippen LogP contribution < -0.4 is 11.1 Å². The first-order valence-corrected chi connectivity index (χ1v) is 13.9. The van der Waals surface area contributed by atoms with Crippen molar-refractivity contribution >= 4 is 28.6 Å². The number of ether oxygens (including phenoxy) is 1. The molecular formula is C32H37FN6O3. The van der Waals surface area contributed by atoms with Gasteiger partial charge < -0.3 is 20.7 Å². The van der Waals surface area contributed by atoms with Crippen LogP contribution in [0.3, 0.4) is 0 Å². The van der Waals surface area contributed by atoms with Crippen molar-refractivity contribution in [1.82, 2.24) is 19.4 Å². The summed E-state index contributed by atoms with van der Waals surface area (Å²) in [5, 5.41) is 3.62. The first-order chi connectivity index (χ1) is 20.1. The molecular weight excluding hydrogens is 535 g/mol. The average molecular weight is 573 g/mol. The van der Waals surface area contributed by atoms with Crippen molar-refractivity contribution in [2.45, 2.75) is 39.5 Å². The van der Waals surface area contributed by atoms with Gasteiger partial charge in [0.25, 0.3) is 0 Å². The molecule has 3 atom stereocenters. The molecule has 42 heavy (non-hydrogen) atoms. The van der Waals surface area contributed by atoms with Crippen molar-refractivity contribution in [2.24, 2.45) is 11.7 Å². The van der Waals surface area contributed by atoms with E-state index >= 15 is 0 Å². The number of nitrogens with one attached hydrogen (secondary N) is 1. The molecule has 220 valence electrons. The number of nitrogens with two attached hydrogens (primary N) is 1. The lowest BCUT2D eigenvalue weighted by Crippen LogP contribution is -2.38. The Hall–Kier alpha value is -4.41. The van der Waals surface area contributed by atoms with Crippen molar-refractivity contribution in [3.8, 4) is 22.3 Å². The molecule has 0 radical (unpaired) electrons. The van der Waals surface area contributed by atoms with Crippen LogP contribution in [0.4, 0.5) is 10.1 Å². The predicted molar refractivity (Wildman–Crippen MR) is 163 cm³/mol. The van der Waals surface area contributed by atoms with Gasteiger partial charge in [-0.15, -0.1) is 0 Å². The zero-order chi connectivity index (χ0) is 30.4. The number of anilines is 1. The quantitative estimate of drug-likeness (QED) is 0.141. The minimum Gasteiger partial charge on any atom is -0.440 e. The lowest BCUT2D eigenvalue weighted by atomic mass is 10.0. The van der Waals surface area contributed by atoms with E-state index in [0.29, 0.717) is 29.0 Å². The summed E-state index contributed by atoms with van der Waals surface area (Å²) in [5.41, 5.74) is 10.2. The number of esters is 1. The number of fused-ring (bicyclic) bond motifs is 1. The number of pyridine rings is 2. The van der Waals surface area contributed by atoms with E-state index in [1.54, 1.807) is 36.0 Å². The van der Waals surface area contributed by atoms with Crippen LogP contribution in [0.2, 0.25) is 0 Å². The second-order valence-electron chi connectivity index (χ2n) is 10.6. The fourth-order valence-electron chi connectivity index (χ4n) is 4.49. The number of likely N-dealkylation sites (N-methyl/N-ethyl adjacent to an activating group) is 1. The number of aromatic nitrogens is 3. The highest BCUT2D eigenvalue weighted by Gasteiger charge is 2.25. The smallest absolute Gasteiger partial charge is 0.325 e. The number of carbonyl (C=O) groups is 2. The number of rotatable bonds is 11. The van der Waals surface area contributed by atoms with Crippen molar-refractivity contribution in [2.75, 3.05) is 26.0 Å². The molecule has 4 aromatic rings. The number of nitrogens with zero attached hydrogens (tertiary/aromatic N) is 4. The molecule has 0 aliphatic heterocycles. The standard InChI is InChI=1S/C32H37FN6O3/c1-6-20(2)30(34)32(41)42-21(3)39-19-27(23-12-13-35-28(33)17-23)26-16-24(18-36-31(26)39)22-9-7-10-25(15-22)37-29(40)11-8-14-38(4)5/h7-13,15-21,30H,6,14,34H2,1-5H3,(H,37,40)/b11-8+. The Morgan fingerprint density at radius 2 is 1.90 bits per heavy atom. The summed E-state index contributed by atoms with van der Waals surface area (Å²) >= 11 is 0. The minimum atomic E-state index is -0.746. The lowest BCUT2D eigenvalue weighted by molar-refractivity contribution is -0.155. The zero-order valence-electron chi connectivity index (χ0n) is 24.5. The average Bonchev–Trinajstić information content (AvgIpc) is 3.35. The van der Waals surface area contributed by atoms with Crippen LogP contribution in [-0.4, -0.2) is 58.0 Å². The molecule has 0 bridgehead atoms. The summed E-state index contributed by atoms with van der Waals surface area (Å²) in [6.07, 6.45) is 8.24. The maximum absolute atomic E-state index is 14.1. The Kier molecular flexibility index (Phi) is 9.82. The van der Waals surface area contributed by atoms with Crippen LogP contribution in [0, 0.1) is 11.9 Å². The van der Waals surface area contributed by atoms with Crippen molar-refractivity contribution in [1.29, 1.82) is 0 Å². The molecule has 3 N–H and O–H groups in total. The number of amides is 1. The van der Waals surface area contributed by atoms with E-state index < -0.39 is 24.2 Å². The highest BCUT2D eigenvalue weighted by atomic mass is 19.1. The molecule has 0 saturated carbocycles. The van der Waals surface area contributed by atoms with Gasteiger partial charge in [0, 0.05) is 59.5 Å². The van der Waals surface area contributed by atoms with Crippen molar-refractivity contribution < 1.29 is 18.7 Å². The van der Waals surface area contributed by atoms with E-state index in [1.165, 1.54) is 18.3 Å².